The van der Waals surface area contributed by atoms with Crippen LogP contribution in [0.15, 0.2) is 18.2 Å². The van der Waals surface area contributed by atoms with Crippen LogP contribution < -0.4 is 10.6 Å². The molecule has 1 amide bonds. The average molecular weight is 254 g/mol. The maximum absolute atomic E-state index is 13.3. The largest absolute Gasteiger partial charge is 0.352 e. The molecule has 2 N–H and O–H groups in total. The fourth-order valence-corrected chi connectivity index (χ4v) is 2.09. The summed E-state index contributed by atoms with van der Waals surface area (Å²) in [5, 5.41) is 5.83. The number of nitrogens with one attached hydrogen (secondary N) is 2. The molecule has 0 spiro atoms. The van der Waals surface area contributed by atoms with Gasteiger partial charge in [0.1, 0.15) is 11.6 Å². The fraction of sp³-hybridized carbons (Fsp3) is 0.462. The lowest BCUT2D eigenvalue weighted by Gasteiger charge is -2.21. The molecule has 2 rings (SSSR count). The van der Waals surface area contributed by atoms with Crippen LogP contribution in [0.5, 0.6) is 0 Å². The fourth-order valence-electron chi connectivity index (χ4n) is 2.09. The molecular weight excluding hydrogens is 238 g/mol. The van der Waals surface area contributed by atoms with Crippen LogP contribution in [0.3, 0.4) is 0 Å². The van der Waals surface area contributed by atoms with Crippen LogP contribution in [0, 0.1) is 17.6 Å². The first-order chi connectivity index (χ1) is 8.66. The zero-order chi connectivity index (χ0) is 13.0. The van der Waals surface area contributed by atoms with Gasteiger partial charge < -0.3 is 10.6 Å². The molecule has 98 valence electrons. The number of piperidine rings is 1. The van der Waals surface area contributed by atoms with Gasteiger partial charge in [0.2, 0.25) is 5.91 Å². The van der Waals surface area contributed by atoms with E-state index in [0.717, 1.165) is 44.1 Å². The molecule has 1 fully saturated rings. The molecule has 1 heterocycles. The van der Waals surface area contributed by atoms with Crippen LogP contribution in [-0.2, 0) is 11.3 Å². The Labute approximate surface area is 105 Å². The van der Waals surface area contributed by atoms with Crippen molar-refractivity contribution in [2.45, 2.75) is 19.4 Å². The van der Waals surface area contributed by atoms with Crippen molar-refractivity contribution >= 4 is 5.91 Å². The number of carbonyl (C=O) groups is 1. The molecule has 0 saturated carbocycles. The average Bonchev–Trinajstić information content (AvgIpc) is 2.40. The predicted octanol–water partition coefficient (Wildman–Crippen LogP) is 1.58. The van der Waals surface area contributed by atoms with Gasteiger partial charge >= 0.3 is 0 Å². The second-order valence-electron chi connectivity index (χ2n) is 4.48. The second kappa shape index (κ2) is 5.91. The van der Waals surface area contributed by atoms with E-state index in [9.17, 15) is 13.6 Å². The zero-order valence-electron chi connectivity index (χ0n) is 10.0. The lowest BCUT2D eigenvalue weighted by atomic mass is 9.97. The first kappa shape index (κ1) is 13.0. The van der Waals surface area contributed by atoms with Gasteiger partial charge in [-0.25, -0.2) is 8.78 Å². The van der Waals surface area contributed by atoms with Gasteiger partial charge in [0, 0.05) is 18.0 Å². The number of hydrogen-bond donors (Lipinski definition) is 2. The summed E-state index contributed by atoms with van der Waals surface area (Å²) < 4.78 is 26.3. The Bertz CT molecular complexity index is 431. The maximum Gasteiger partial charge on any atom is 0.223 e. The molecule has 0 atom stereocenters. The molecule has 0 bridgehead atoms. The molecule has 0 aromatic heterocycles. The SMILES string of the molecule is O=C(NCc1cc(F)ccc1F)C1CCNCC1. The Morgan fingerprint density at radius 3 is 2.78 bits per heavy atom. The van der Waals surface area contributed by atoms with E-state index in [-0.39, 0.29) is 23.9 Å². The van der Waals surface area contributed by atoms with E-state index in [1.54, 1.807) is 0 Å². The molecule has 1 aromatic rings. The van der Waals surface area contributed by atoms with Gasteiger partial charge in [-0.15, -0.1) is 0 Å². The minimum absolute atomic E-state index is 0.0251. The van der Waals surface area contributed by atoms with Crippen molar-refractivity contribution in [3.8, 4) is 0 Å². The van der Waals surface area contributed by atoms with Gasteiger partial charge in [-0.2, -0.15) is 0 Å². The third kappa shape index (κ3) is 3.26. The van der Waals surface area contributed by atoms with Gasteiger partial charge in [0.15, 0.2) is 0 Å². The number of hydrogen-bond acceptors (Lipinski definition) is 2. The molecular formula is C13H16F2N2O. The molecule has 5 heteroatoms. The molecule has 0 radical (unpaired) electrons. The molecule has 18 heavy (non-hydrogen) atoms. The second-order valence-corrected chi connectivity index (χ2v) is 4.48. The van der Waals surface area contributed by atoms with Crippen LogP contribution in [0.25, 0.3) is 0 Å². The molecule has 1 aromatic carbocycles. The van der Waals surface area contributed by atoms with Crippen molar-refractivity contribution in [1.82, 2.24) is 10.6 Å². The number of amides is 1. The number of halogens is 2. The van der Waals surface area contributed by atoms with Crippen molar-refractivity contribution in [3.63, 3.8) is 0 Å². The predicted molar refractivity (Wildman–Crippen MR) is 63.8 cm³/mol. The lowest BCUT2D eigenvalue weighted by Crippen LogP contribution is -2.38. The van der Waals surface area contributed by atoms with E-state index in [0.29, 0.717) is 0 Å². The summed E-state index contributed by atoms with van der Waals surface area (Å²) in [6.45, 7) is 1.69. The smallest absolute Gasteiger partial charge is 0.223 e. The molecule has 0 unspecified atom stereocenters. The first-order valence-electron chi connectivity index (χ1n) is 6.09. The van der Waals surface area contributed by atoms with Crippen molar-refractivity contribution < 1.29 is 13.6 Å². The van der Waals surface area contributed by atoms with Crippen LogP contribution in [0.2, 0.25) is 0 Å². The highest BCUT2D eigenvalue weighted by atomic mass is 19.1. The lowest BCUT2D eigenvalue weighted by molar-refractivity contribution is -0.125. The van der Waals surface area contributed by atoms with Gasteiger partial charge in [-0.05, 0) is 44.1 Å². The highest BCUT2D eigenvalue weighted by Gasteiger charge is 2.20. The van der Waals surface area contributed by atoms with E-state index >= 15 is 0 Å². The van der Waals surface area contributed by atoms with E-state index in [4.69, 9.17) is 0 Å². The summed E-state index contributed by atoms with van der Waals surface area (Å²) in [6, 6.07) is 3.24. The van der Waals surface area contributed by atoms with Crippen LogP contribution in [0.1, 0.15) is 18.4 Å². The molecule has 1 saturated heterocycles. The van der Waals surface area contributed by atoms with Crippen molar-refractivity contribution in [1.29, 1.82) is 0 Å². The molecule has 1 aliphatic heterocycles. The number of rotatable bonds is 3. The summed E-state index contributed by atoms with van der Waals surface area (Å²) in [4.78, 5) is 11.8. The molecule has 3 nitrogen and oxygen atoms in total. The van der Waals surface area contributed by atoms with Gasteiger partial charge in [0.25, 0.3) is 0 Å². The highest BCUT2D eigenvalue weighted by Crippen LogP contribution is 2.13. The van der Waals surface area contributed by atoms with Gasteiger partial charge in [-0.3, -0.25) is 4.79 Å². The topological polar surface area (TPSA) is 41.1 Å². The van der Waals surface area contributed by atoms with Crippen molar-refractivity contribution in [2.24, 2.45) is 5.92 Å². The summed E-state index contributed by atoms with van der Waals surface area (Å²) in [5.41, 5.74) is 0.178. The van der Waals surface area contributed by atoms with Crippen LogP contribution >= 0.6 is 0 Å². The summed E-state index contributed by atoms with van der Waals surface area (Å²) >= 11 is 0. The molecule has 0 aliphatic carbocycles. The van der Waals surface area contributed by atoms with Gasteiger partial charge in [0.05, 0.1) is 0 Å². The molecule has 1 aliphatic rings. The minimum Gasteiger partial charge on any atom is -0.352 e. The van der Waals surface area contributed by atoms with E-state index in [2.05, 4.69) is 10.6 Å². The van der Waals surface area contributed by atoms with Crippen molar-refractivity contribution in [2.75, 3.05) is 13.1 Å². The Hall–Kier alpha value is -1.49. The van der Waals surface area contributed by atoms with Gasteiger partial charge in [-0.1, -0.05) is 0 Å². The summed E-state index contributed by atoms with van der Waals surface area (Å²) in [6.07, 6.45) is 1.58. The normalized spacial score (nSPS) is 16.6. The first-order valence-corrected chi connectivity index (χ1v) is 6.09. The standard InChI is InChI=1S/C13H16F2N2O/c14-11-1-2-12(15)10(7-11)8-17-13(18)9-3-5-16-6-4-9/h1-2,7,9,16H,3-6,8H2,(H,17,18). The zero-order valence-corrected chi connectivity index (χ0v) is 10.0. The van der Waals surface area contributed by atoms with E-state index in [1.165, 1.54) is 0 Å². The van der Waals surface area contributed by atoms with E-state index < -0.39 is 11.6 Å². The Morgan fingerprint density at radius 2 is 2.06 bits per heavy atom. The Morgan fingerprint density at radius 1 is 1.33 bits per heavy atom. The highest BCUT2D eigenvalue weighted by molar-refractivity contribution is 5.78. The van der Waals surface area contributed by atoms with Crippen LogP contribution in [0.4, 0.5) is 8.78 Å². The Kier molecular flexibility index (Phi) is 4.25. The minimum atomic E-state index is -0.498. The maximum atomic E-state index is 13.3. The number of carbonyl (C=O) groups excluding carboxylic acids is 1. The van der Waals surface area contributed by atoms with Crippen molar-refractivity contribution in [3.05, 3.63) is 35.4 Å². The van der Waals surface area contributed by atoms with E-state index in [1.807, 2.05) is 0 Å². The summed E-state index contributed by atoms with van der Waals surface area (Å²) in [7, 11) is 0. The third-order valence-electron chi connectivity index (χ3n) is 3.17. The third-order valence-corrected chi connectivity index (χ3v) is 3.17. The monoisotopic (exact) mass is 254 g/mol. The van der Waals surface area contributed by atoms with Crippen LogP contribution in [-0.4, -0.2) is 19.0 Å². The summed E-state index contributed by atoms with van der Waals surface area (Å²) in [5.74, 6) is -1.10. The Balaban J connectivity index is 1.90. The quantitative estimate of drug-likeness (QED) is 0.860. The number of benzene rings is 1.